The van der Waals surface area contributed by atoms with Crippen molar-refractivity contribution in [1.29, 1.82) is 0 Å². The van der Waals surface area contributed by atoms with Crippen LogP contribution in [-0.4, -0.2) is 15.8 Å². The highest BCUT2D eigenvalue weighted by atomic mass is 16.1. The zero-order chi connectivity index (χ0) is 16.1. The van der Waals surface area contributed by atoms with E-state index in [1.165, 1.54) is 43.0 Å². The minimum Gasteiger partial charge on any atom is -0.339 e. The highest BCUT2D eigenvalue weighted by molar-refractivity contribution is 6.11. The normalized spacial score (nSPS) is 11.3. The van der Waals surface area contributed by atoms with Gasteiger partial charge >= 0.3 is 0 Å². The largest absolute Gasteiger partial charge is 0.339 e. The fourth-order valence-electron chi connectivity index (χ4n) is 3.40. The summed E-state index contributed by atoms with van der Waals surface area (Å²) in [6.45, 7) is 3.19. The Morgan fingerprint density at radius 2 is 1.78 bits per heavy atom. The van der Waals surface area contributed by atoms with Gasteiger partial charge in [-0.1, -0.05) is 57.2 Å². The molecule has 0 saturated carbocycles. The second-order valence-corrected chi connectivity index (χ2v) is 6.15. The molecule has 0 N–H and O–H groups in total. The molecule has 23 heavy (non-hydrogen) atoms. The maximum absolute atomic E-state index is 11.4. The van der Waals surface area contributed by atoms with Crippen molar-refractivity contribution >= 4 is 28.1 Å². The van der Waals surface area contributed by atoms with Crippen LogP contribution >= 0.6 is 0 Å². The predicted octanol–water partition coefficient (Wildman–Crippen LogP) is 5.36. The number of aromatic nitrogens is 2. The lowest BCUT2D eigenvalue weighted by molar-refractivity contribution is 0.112. The Kier molecular flexibility index (Phi) is 5.06. The first-order valence-corrected chi connectivity index (χ1v) is 8.68. The summed E-state index contributed by atoms with van der Waals surface area (Å²) in [5, 5.41) is 2.34. The first kappa shape index (κ1) is 15.7. The summed E-state index contributed by atoms with van der Waals surface area (Å²) in [7, 11) is 0. The Balaban J connectivity index is 1.92. The quantitative estimate of drug-likeness (QED) is 0.414. The molecule has 0 aliphatic carbocycles. The minimum atomic E-state index is 0.546. The molecule has 0 unspecified atom stereocenters. The number of nitrogens with zero attached hydrogens (tertiary/aromatic N) is 2. The molecule has 0 fully saturated rings. The Hall–Kier alpha value is -2.16. The van der Waals surface area contributed by atoms with Crippen molar-refractivity contribution in [2.75, 3.05) is 0 Å². The summed E-state index contributed by atoms with van der Waals surface area (Å²) in [6.07, 6.45) is 10.2. The van der Waals surface area contributed by atoms with Gasteiger partial charge in [0.2, 0.25) is 0 Å². The molecule has 1 aromatic carbocycles. The molecule has 0 bridgehead atoms. The van der Waals surface area contributed by atoms with Gasteiger partial charge in [0.05, 0.1) is 5.52 Å². The van der Waals surface area contributed by atoms with Crippen LogP contribution in [0.4, 0.5) is 0 Å². The van der Waals surface area contributed by atoms with Crippen LogP contribution in [0.1, 0.15) is 55.9 Å². The van der Waals surface area contributed by atoms with Crippen LogP contribution in [0.2, 0.25) is 0 Å². The topological polar surface area (TPSA) is 34.9 Å². The van der Waals surface area contributed by atoms with Gasteiger partial charge in [0.25, 0.3) is 0 Å². The van der Waals surface area contributed by atoms with Crippen LogP contribution in [-0.2, 0) is 6.54 Å². The lowest BCUT2D eigenvalue weighted by atomic mass is 10.1. The highest BCUT2D eigenvalue weighted by Crippen LogP contribution is 2.30. The number of hydrogen-bond donors (Lipinski definition) is 0. The van der Waals surface area contributed by atoms with E-state index in [0.29, 0.717) is 5.69 Å². The van der Waals surface area contributed by atoms with E-state index < -0.39 is 0 Å². The van der Waals surface area contributed by atoms with Gasteiger partial charge in [0.15, 0.2) is 6.29 Å². The van der Waals surface area contributed by atoms with Crippen LogP contribution in [0.25, 0.3) is 21.8 Å². The van der Waals surface area contributed by atoms with Crippen LogP contribution < -0.4 is 0 Å². The van der Waals surface area contributed by atoms with Crippen molar-refractivity contribution in [3.05, 3.63) is 42.2 Å². The number of benzene rings is 1. The number of unbranched alkanes of at least 4 members (excludes halogenated alkanes) is 5. The number of para-hydroxylation sites is 1. The number of carbonyl (C=O) groups is 1. The third-order valence-corrected chi connectivity index (χ3v) is 4.55. The van der Waals surface area contributed by atoms with E-state index in [2.05, 4.69) is 40.7 Å². The standard InChI is InChI=1S/C20H24N2O/c1-2-3-4-5-6-9-14-22-19-11-8-7-10-16(19)17-12-13-21-18(15-23)20(17)22/h7-8,10-13,15H,2-6,9,14H2,1H3. The van der Waals surface area contributed by atoms with Crippen molar-refractivity contribution in [2.45, 2.75) is 52.0 Å². The lowest BCUT2D eigenvalue weighted by Gasteiger charge is -2.08. The zero-order valence-electron chi connectivity index (χ0n) is 13.8. The van der Waals surface area contributed by atoms with Crippen LogP contribution in [0.3, 0.4) is 0 Å². The van der Waals surface area contributed by atoms with Crippen molar-refractivity contribution in [3.63, 3.8) is 0 Å². The van der Waals surface area contributed by atoms with Gasteiger partial charge in [0.1, 0.15) is 5.69 Å². The second-order valence-electron chi connectivity index (χ2n) is 6.15. The molecule has 0 saturated heterocycles. The minimum absolute atomic E-state index is 0.546. The molecule has 0 spiro atoms. The van der Waals surface area contributed by atoms with Gasteiger partial charge in [-0.05, 0) is 18.6 Å². The van der Waals surface area contributed by atoms with Gasteiger partial charge in [-0.15, -0.1) is 0 Å². The van der Waals surface area contributed by atoms with E-state index in [1.807, 2.05) is 6.07 Å². The van der Waals surface area contributed by atoms with Crippen molar-refractivity contribution in [3.8, 4) is 0 Å². The van der Waals surface area contributed by atoms with E-state index in [4.69, 9.17) is 0 Å². The van der Waals surface area contributed by atoms with E-state index >= 15 is 0 Å². The first-order chi connectivity index (χ1) is 11.4. The summed E-state index contributed by atoms with van der Waals surface area (Å²) >= 11 is 0. The van der Waals surface area contributed by atoms with Gasteiger partial charge in [-0.2, -0.15) is 0 Å². The number of aryl methyl sites for hydroxylation is 1. The molecular weight excluding hydrogens is 284 g/mol. The van der Waals surface area contributed by atoms with Crippen molar-refractivity contribution < 1.29 is 4.79 Å². The third kappa shape index (κ3) is 3.14. The molecule has 0 atom stereocenters. The van der Waals surface area contributed by atoms with Crippen molar-refractivity contribution in [2.24, 2.45) is 0 Å². The van der Waals surface area contributed by atoms with Crippen LogP contribution in [0, 0.1) is 0 Å². The molecule has 3 rings (SSSR count). The molecule has 2 heterocycles. The monoisotopic (exact) mass is 308 g/mol. The number of rotatable bonds is 8. The Morgan fingerprint density at radius 1 is 1.00 bits per heavy atom. The highest BCUT2D eigenvalue weighted by Gasteiger charge is 2.13. The summed E-state index contributed by atoms with van der Waals surface area (Å²) < 4.78 is 2.28. The maximum atomic E-state index is 11.4. The van der Waals surface area contributed by atoms with E-state index in [1.54, 1.807) is 6.20 Å². The molecule has 3 nitrogen and oxygen atoms in total. The second kappa shape index (κ2) is 7.40. The smallest absolute Gasteiger partial charge is 0.170 e. The fraction of sp³-hybridized carbons (Fsp3) is 0.400. The molecule has 3 heteroatoms. The molecular formula is C20H24N2O. The number of hydrogen-bond acceptors (Lipinski definition) is 2. The molecule has 0 aliphatic heterocycles. The van der Waals surface area contributed by atoms with Crippen LogP contribution in [0.5, 0.6) is 0 Å². The SMILES string of the molecule is CCCCCCCCn1c2ccccc2c2ccnc(C=O)c21. The average molecular weight is 308 g/mol. The zero-order valence-corrected chi connectivity index (χ0v) is 13.8. The molecule has 2 aromatic heterocycles. The number of aldehydes is 1. The lowest BCUT2D eigenvalue weighted by Crippen LogP contribution is -2.01. The third-order valence-electron chi connectivity index (χ3n) is 4.55. The molecule has 120 valence electrons. The summed E-state index contributed by atoms with van der Waals surface area (Å²) in [4.78, 5) is 15.7. The van der Waals surface area contributed by atoms with Crippen LogP contribution in [0.15, 0.2) is 36.5 Å². The Labute approximate surface area is 137 Å². The first-order valence-electron chi connectivity index (χ1n) is 8.68. The van der Waals surface area contributed by atoms with E-state index in [-0.39, 0.29) is 0 Å². The van der Waals surface area contributed by atoms with E-state index in [9.17, 15) is 4.79 Å². The molecule has 0 radical (unpaired) electrons. The summed E-state index contributed by atoms with van der Waals surface area (Å²) in [5.41, 5.74) is 2.73. The Morgan fingerprint density at radius 3 is 2.61 bits per heavy atom. The molecule has 0 amide bonds. The number of pyridine rings is 1. The Bertz CT molecular complexity index is 804. The van der Waals surface area contributed by atoms with Gasteiger partial charge in [-0.25, -0.2) is 0 Å². The fourth-order valence-corrected chi connectivity index (χ4v) is 3.40. The van der Waals surface area contributed by atoms with E-state index in [0.717, 1.165) is 30.2 Å². The van der Waals surface area contributed by atoms with Crippen molar-refractivity contribution in [1.82, 2.24) is 9.55 Å². The van der Waals surface area contributed by atoms with Gasteiger partial charge in [-0.3, -0.25) is 9.78 Å². The summed E-state index contributed by atoms with van der Waals surface area (Å²) in [6, 6.07) is 10.4. The van der Waals surface area contributed by atoms with Gasteiger partial charge < -0.3 is 4.57 Å². The molecule has 3 aromatic rings. The average Bonchev–Trinajstić information content (AvgIpc) is 2.92. The molecule has 0 aliphatic rings. The maximum Gasteiger partial charge on any atom is 0.170 e. The summed E-state index contributed by atoms with van der Waals surface area (Å²) in [5.74, 6) is 0. The number of carbonyl (C=O) groups excluding carboxylic acids is 1. The predicted molar refractivity (Wildman–Crippen MR) is 96.0 cm³/mol. The number of fused-ring (bicyclic) bond motifs is 3. The van der Waals surface area contributed by atoms with Gasteiger partial charge in [0, 0.05) is 29.0 Å².